The monoisotopic (exact) mass is 292 g/mol. The van der Waals surface area contributed by atoms with Crippen LogP contribution in [0.4, 0.5) is 0 Å². The van der Waals surface area contributed by atoms with Crippen LogP contribution in [0.25, 0.3) is 43.9 Å². The smallest absolute Gasteiger partial charge is 0.154 e. The number of halogens is 1. The van der Waals surface area contributed by atoms with E-state index in [1.807, 2.05) is 48.5 Å². The molecule has 0 unspecified atom stereocenters. The third kappa shape index (κ3) is 1.38. The highest BCUT2D eigenvalue weighted by atomic mass is 35.5. The Morgan fingerprint density at radius 1 is 0.619 bits per heavy atom. The van der Waals surface area contributed by atoms with Gasteiger partial charge in [0.15, 0.2) is 5.58 Å². The quantitative estimate of drug-likeness (QED) is 0.343. The Morgan fingerprint density at radius 2 is 1.43 bits per heavy atom. The normalized spacial score (nSPS) is 12.0. The Bertz CT molecular complexity index is 1150. The molecule has 3 aromatic carbocycles. The lowest BCUT2D eigenvalue weighted by Crippen LogP contribution is -1.69. The summed E-state index contributed by atoms with van der Waals surface area (Å²) in [4.78, 5) is 0. The van der Waals surface area contributed by atoms with Gasteiger partial charge in [-0.3, -0.25) is 0 Å². The second-order valence-corrected chi connectivity index (χ2v) is 5.54. The number of fused-ring (bicyclic) bond motifs is 7. The zero-order valence-electron chi connectivity index (χ0n) is 10.9. The fraction of sp³-hybridized carbons (Fsp3) is 0. The molecule has 0 radical (unpaired) electrons. The molecular weight excluding hydrogens is 284 g/mol. The SMILES string of the molecule is Clc1cccc2c1oc1c2ccc2oc3ccccc3c21. The van der Waals surface area contributed by atoms with Gasteiger partial charge in [0.25, 0.3) is 0 Å². The number of para-hydroxylation sites is 2. The van der Waals surface area contributed by atoms with Crippen LogP contribution >= 0.6 is 11.6 Å². The van der Waals surface area contributed by atoms with E-state index < -0.39 is 0 Å². The lowest BCUT2D eigenvalue weighted by atomic mass is 10.1. The lowest BCUT2D eigenvalue weighted by molar-refractivity contribution is 0.663. The Balaban J connectivity index is 2.13. The molecule has 3 heteroatoms. The lowest BCUT2D eigenvalue weighted by Gasteiger charge is -1.91. The minimum Gasteiger partial charge on any atom is -0.456 e. The molecule has 2 nitrogen and oxygen atoms in total. The Kier molecular flexibility index (Phi) is 2.04. The van der Waals surface area contributed by atoms with Crippen molar-refractivity contribution in [1.29, 1.82) is 0 Å². The van der Waals surface area contributed by atoms with Crippen LogP contribution in [0, 0.1) is 0 Å². The molecule has 0 saturated heterocycles. The molecule has 0 atom stereocenters. The zero-order chi connectivity index (χ0) is 14.0. The first kappa shape index (κ1) is 11.2. The summed E-state index contributed by atoms with van der Waals surface area (Å²) >= 11 is 6.25. The summed E-state index contributed by atoms with van der Waals surface area (Å²) in [6.07, 6.45) is 0. The van der Waals surface area contributed by atoms with Crippen molar-refractivity contribution in [2.75, 3.05) is 0 Å². The summed E-state index contributed by atoms with van der Waals surface area (Å²) in [5.41, 5.74) is 3.26. The molecule has 0 saturated carbocycles. The highest BCUT2D eigenvalue weighted by Gasteiger charge is 2.16. The van der Waals surface area contributed by atoms with Crippen molar-refractivity contribution >= 4 is 55.5 Å². The Hall–Kier alpha value is -2.45. The van der Waals surface area contributed by atoms with E-state index in [2.05, 4.69) is 6.07 Å². The average molecular weight is 293 g/mol. The molecule has 0 aliphatic rings. The van der Waals surface area contributed by atoms with Crippen molar-refractivity contribution in [1.82, 2.24) is 0 Å². The summed E-state index contributed by atoms with van der Waals surface area (Å²) in [5.74, 6) is 0. The largest absolute Gasteiger partial charge is 0.456 e. The molecule has 100 valence electrons. The molecule has 0 bridgehead atoms. The Morgan fingerprint density at radius 3 is 2.38 bits per heavy atom. The fourth-order valence-corrected chi connectivity index (χ4v) is 3.24. The van der Waals surface area contributed by atoms with Crippen LogP contribution in [0.3, 0.4) is 0 Å². The first-order chi connectivity index (χ1) is 10.3. The molecule has 2 aromatic heterocycles. The zero-order valence-corrected chi connectivity index (χ0v) is 11.6. The molecule has 5 rings (SSSR count). The summed E-state index contributed by atoms with van der Waals surface area (Å²) < 4.78 is 12.0. The number of benzene rings is 3. The van der Waals surface area contributed by atoms with E-state index >= 15 is 0 Å². The predicted molar refractivity (Wildman–Crippen MR) is 86.0 cm³/mol. The molecule has 2 heterocycles. The number of hydrogen-bond donors (Lipinski definition) is 0. The molecule has 5 aromatic rings. The molecule has 0 fully saturated rings. The summed E-state index contributed by atoms with van der Waals surface area (Å²) in [6.45, 7) is 0. The van der Waals surface area contributed by atoms with Gasteiger partial charge in [-0.25, -0.2) is 0 Å². The fourth-order valence-electron chi connectivity index (χ4n) is 3.03. The van der Waals surface area contributed by atoms with Gasteiger partial charge in [-0.1, -0.05) is 41.9 Å². The second kappa shape index (κ2) is 3.80. The first-order valence-corrected chi connectivity index (χ1v) is 7.12. The number of rotatable bonds is 0. The molecule has 0 spiro atoms. The maximum absolute atomic E-state index is 6.25. The highest BCUT2D eigenvalue weighted by molar-refractivity contribution is 6.36. The van der Waals surface area contributed by atoms with E-state index in [-0.39, 0.29) is 0 Å². The molecular formula is C18H9ClO2. The minimum atomic E-state index is 0.629. The highest BCUT2D eigenvalue weighted by Crippen LogP contribution is 2.40. The van der Waals surface area contributed by atoms with Crippen LogP contribution in [0.2, 0.25) is 5.02 Å². The van der Waals surface area contributed by atoms with E-state index in [0.29, 0.717) is 5.02 Å². The van der Waals surface area contributed by atoms with Gasteiger partial charge >= 0.3 is 0 Å². The van der Waals surface area contributed by atoms with Gasteiger partial charge in [-0.2, -0.15) is 0 Å². The molecule has 0 aliphatic carbocycles. The third-order valence-electron chi connectivity index (χ3n) is 3.96. The standard InChI is InChI=1S/C18H9ClO2/c19-13-6-3-5-10-11-8-9-15-16(18(11)21-17(10)13)12-4-1-2-7-14(12)20-15/h1-9H. The van der Waals surface area contributed by atoms with E-state index in [0.717, 1.165) is 43.9 Å². The molecule has 0 amide bonds. The van der Waals surface area contributed by atoms with Crippen LogP contribution in [-0.4, -0.2) is 0 Å². The average Bonchev–Trinajstić information content (AvgIpc) is 3.05. The van der Waals surface area contributed by atoms with Gasteiger partial charge in [0.1, 0.15) is 16.7 Å². The van der Waals surface area contributed by atoms with Crippen molar-refractivity contribution in [3.8, 4) is 0 Å². The van der Waals surface area contributed by atoms with Crippen LogP contribution < -0.4 is 0 Å². The molecule has 0 N–H and O–H groups in total. The first-order valence-electron chi connectivity index (χ1n) is 6.74. The molecule has 0 aliphatic heterocycles. The van der Waals surface area contributed by atoms with E-state index in [4.69, 9.17) is 20.4 Å². The van der Waals surface area contributed by atoms with Gasteiger partial charge < -0.3 is 8.83 Å². The van der Waals surface area contributed by atoms with E-state index in [1.54, 1.807) is 0 Å². The van der Waals surface area contributed by atoms with E-state index in [9.17, 15) is 0 Å². The number of furan rings is 2. The van der Waals surface area contributed by atoms with Gasteiger partial charge in [0, 0.05) is 16.2 Å². The topological polar surface area (TPSA) is 26.3 Å². The van der Waals surface area contributed by atoms with Crippen molar-refractivity contribution in [2.24, 2.45) is 0 Å². The van der Waals surface area contributed by atoms with Crippen LogP contribution in [0.15, 0.2) is 63.4 Å². The maximum atomic E-state index is 6.25. The number of hydrogen-bond acceptors (Lipinski definition) is 2. The van der Waals surface area contributed by atoms with Crippen molar-refractivity contribution in [3.05, 3.63) is 59.6 Å². The van der Waals surface area contributed by atoms with Crippen LogP contribution in [0.5, 0.6) is 0 Å². The van der Waals surface area contributed by atoms with Gasteiger partial charge in [0.2, 0.25) is 0 Å². The van der Waals surface area contributed by atoms with Gasteiger partial charge in [-0.15, -0.1) is 0 Å². The van der Waals surface area contributed by atoms with Crippen molar-refractivity contribution in [2.45, 2.75) is 0 Å². The van der Waals surface area contributed by atoms with Crippen molar-refractivity contribution in [3.63, 3.8) is 0 Å². The third-order valence-corrected chi connectivity index (χ3v) is 4.25. The summed E-state index contributed by atoms with van der Waals surface area (Å²) in [6, 6.07) is 17.8. The summed E-state index contributed by atoms with van der Waals surface area (Å²) in [5, 5.41) is 4.80. The molecule has 21 heavy (non-hydrogen) atoms. The van der Waals surface area contributed by atoms with Crippen LogP contribution in [0.1, 0.15) is 0 Å². The Labute approximate surface area is 124 Å². The van der Waals surface area contributed by atoms with Crippen LogP contribution in [-0.2, 0) is 0 Å². The minimum absolute atomic E-state index is 0.629. The summed E-state index contributed by atoms with van der Waals surface area (Å²) in [7, 11) is 0. The van der Waals surface area contributed by atoms with Crippen molar-refractivity contribution < 1.29 is 8.83 Å². The van der Waals surface area contributed by atoms with Gasteiger partial charge in [0.05, 0.1) is 10.4 Å². The predicted octanol–water partition coefficient (Wildman–Crippen LogP) is 6.14. The second-order valence-electron chi connectivity index (χ2n) is 5.13. The maximum Gasteiger partial charge on any atom is 0.154 e. The van der Waals surface area contributed by atoms with Gasteiger partial charge in [-0.05, 0) is 24.3 Å². The van der Waals surface area contributed by atoms with E-state index in [1.165, 1.54) is 0 Å².